The fourth-order valence-electron chi connectivity index (χ4n) is 2.40. The second kappa shape index (κ2) is 7.34. The van der Waals surface area contributed by atoms with Crippen LogP contribution in [0.2, 0.25) is 0 Å². The predicted octanol–water partition coefficient (Wildman–Crippen LogP) is 2.66. The number of amides is 1. The Labute approximate surface area is 124 Å². The molecule has 1 saturated carbocycles. The van der Waals surface area contributed by atoms with E-state index in [0.717, 1.165) is 25.7 Å². The van der Waals surface area contributed by atoms with Gasteiger partial charge >= 0.3 is 0 Å². The molecule has 1 aromatic carbocycles. The largest absolute Gasteiger partial charge is 0.506 e. The fourth-order valence-corrected chi connectivity index (χ4v) is 2.40. The van der Waals surface area contributed by atoms with Gasteiger partial charge in [-0.2, -0.15) is 5.26 Å². The number of para-hydroxylation sites is 2. The van der Waals surface area contributed by atoms with Crippen molar-refractivity contribution in [3.05, 3.63) is 36.0 Å². The maximum atomic E-state index is 12.0. The minimum atomic E-state index is -0.368. The van der Waals surface area contributed by atoms with E-state index in [4.69, 9.17) is 5.26 Å². The number of rotatable bonds is 4. The smallest absolute Gasteiger partial charge is 0.263 e. The van der Waals surface area contributed by atoms with E-state index >= 15 is 0 Å². The number of phenols is 1. The summed E-state index contributed by atoms with van der Waals surface area (Å²) < 4.78 is 0. The van der Waals surface area contributed by atoms with Gasteiger partial charge in [0.2, 0.25) is 0 Å². The van der Waals surface area contributed by atoms with Gasteiger partial charge in [0, 0.05) is 12.2 Å². The van der Waals surface area contributed by atoms with Crippen LogP contribution in [0, 0.1) is 11.3 Å². The Morgan fingerprint density at radius 1 is 1.29 bits per heavy atom. The number of benzene rings is 1. The molecule has 0 aliphatic heterocycles. The lowest BCUT2D eigenvalue weighted by Gasteiger charge is -2.22. The first-order chi connectivity index (χ1) is 10.2. The molecule has 0 radical (unpaired) electrons. The average Bonchev–Trinajstić information content (AvgIpc) is 2.50. The van der Waals surface area contributed by atoms with Gasteiger partial charge in [0.15, 0.2) is 0 Å². The Hall–Kier alpha value is -2.48. The summed E-state index contributed by atoms with van der Waals surface area (Å²) in [5, 5.41) is 24.4. The number of nitrogens with zero attached hydrogens (tertiary/aromatic N) is 1. The lowest BCUT2D eigenvalue weighted by atomic mass is 9.95. The third kappa shape index (κ3) is 4.25. The van der Waals surface area contributed by atoms with Crippen LogP contribution in [0.3, 0.4) is 0 Å². The van der Waals surface area contributed by atoms with E-state index in [9.17, 15) is 9.90 Å². The van der Waals surface area contributed by atoms with E-state index in [1.165, 1.54) is 18.7 Å². The molecule has 1 aromatic rings. The number of phenolic OH excluding ortho intramolecular Hbond substituents is 1. The topological polar surface area (TPSA) is 85.2 Å². The van der Waals surface area contributed by atoms with Crippen molar-refractivity contribution >= 4 is 11.6 Å². The molecule has 1 aliphatic carbocycles. The van der Waals surface area contributed by atoms with Crippen LogP contribution in [0.4, 0.5) is 5.69 Å². The van der Waals surface area contributed by atoms with Crippen LogP contribution in [0.5, 0.6) is 5.75 Å². The Morgan fingerprint density at radius 2 is 2.00 bits per heavy atom. The Balaban J connectivity index is 1.98. The third-order valence-corrected chi connectivity index (χ3v) is 3.58. The van der Waals surface area contributed by atoms with Gasteiger partial charge in [0.05, 0.1) is 5.69 Å². The molecular weight excluding hydrogens is 266 g/mol. The van der Waals surface area contributed by atoms with Crippen molar-refractivity contribution in [3.63, 3.8) is 0 Å². The van der Waals surface area contributed by atoms with Crippen molar-refractivity contribution in [1.82, 2.24) is 5.32 Å². The molecule has 110 valence electrons. The summed E-state index contributed by atoms with van der Waals surface area (Å²) in [6.07, 6.45) is 6.71. The Morgan fingerprint density at radius 3 is 2.67 bits per heavy atom. The third-order valence-electron chi connectivity index (χ3n) is 3.58. The van der Waals surface area contributed by atoms with E-state index in [-0.39, 0.29) is 23.3 Å². The standard InChI is InChI=1S/C16H19N3O2/c17-10-12(11-18-14-8-4-5-9-15(14)20)16(21)19-13-6-2-1-3-7-13/h4-5,8-9,11,13,18,20H,1-3,6-7H2,(H,19,21)/b12-11-. The molecule has 1 amide bonds. The molecule has 21 heavy (non-hydrogen) atoms. The molecule has 3 N–H and O–H groups in total. The average molecular weight is 285 g/mol. The quantitative estimate of drug-likeness (QED) is 0.451. The van der Waals surface area contributed by atoms with Crippen molar-refractivity contribution in [2.24, 2.45) is 0 Å². The molecule has 1 aliphatic rings. The lowest BCUT2D eigenvalue weighted by Crippen LogP contribution is -2.37. The first-order valence-corrected chi connectivity index (χ1v) is 7.16. The zero-order chi connectivity index (χ0) is 15.1. The number of hydrogen-bond acceptors (Lipinski definition) is 4. The van der Waals surface area contributed by atoms with Crippen molar-refractivity contribution in [1.29, 1.82) is 5.26 Å². The zero-order valence-corrected chi connectivity index (χ0v) is 11.8. The summed E-state index contributed by atoms with van der Waals surface area (Å²) in [6, 6.07) is 8.70. The van der Waals surface area contributed by atoms with E-state index in [0.29, 0.717) is 5.69 Å². The molecule has 1 fully saturated rings. The van der Waals surface area contributed by atoms with E-state index < -0.39 is 0 Å². The van der Waals surface area contributed by atoms with Gasteiger partial charge in [0.25, 0.3) is 5.91 Å². The number of nitriles is 1. The normalized spacial score (nSPS) is 16.0. The second-order valence-corrected chi connectivity index (χ2v) is 5.14. The molecule has 0 bridgehead atoms. The summed E-state index contributed by atoms with van der Waals surface area (Å²) in [5.74, 6) is -0.300. The minimum Gasteiger partial charge on any atom is -0.506 e. The monoisotopic (exact) mass is 285 g/mol. The molecule has 0 spiro atoms. The lowest BCUT2D eigenvalue weighted by molar-refractivity contribution is -0.118. The van der Waals surface area contributed by atoms with Gasteiger partial charge < -0.3 is 15.7 Å². The molecule has 0 aromatic heterocycles. The molecular formula is C16H19N3O2. The zero-order valence-electron chi connectivity index (χ0n) is 11.8. The summed E-state index contributed by atoms with van der Waals surface area (Å²) in [4.78, 5) is 12.0. The van der Waals surface area contributed by atoms with Crippen LogP contribution < -0.4 is 10.6 Å². The highest BCUT2D eigenvalue weighted by Gasteiger charge is 2.18. The molecule has 0 heterocycles. The van der Waals surface area contributed by atoms with Crippen molar-refractivity contribution in [2.75, 3.05) is 5.32 Å². The van der Waals surface area contributed by atoms with Crippen molar-refractivity contribution in [2.45, 2.75) is 38.1 Å². The molecule has 5 nitrogen and oxygen atoms in total. The molecule has 0 saturated heterocycles. The van der Waals surface area contributed by atoms with Crippen LogP contribution in [0.15, 0.2) is 36.0 Å². The van der Waals surface area contributed by atoms with Crippen molar-refractivity contribution < 1.29 is 9.90 Å². The number of anilines is 1. The van der Waals surface area contributed by atoms with Gasteiger partial charge in [-0.15, -0.1) is 0 Å². The first kappa shape index (κ1) is 14.9. The summed E-state index contributed by atoms with van der Waals surface area (Å²) in [6.45, 7) is 0. The molecule has 0 unspecified atom stereocenters. The van der Waals surface area contributed by atoms with Crippen molar-refractivity contribution in [3.8, 4) is 11.8 Å². The van der Waals surface area contributed by atoms with Gasteiger partial charge in [-0.25, -0.2) is 0 Å². The van der Waals surface area contributed by atoms with Crippen LogP contribution in [-0.4, -0.2) is 17.1 Å². The number of hydrogen-bond donors (Lipinski definition) is 3. The molecule has 0 atom stereocenters. The summed E-state index contributed by atoms with van der Waals surface area (Å²) in [5.41, 5.74) is 0.458. The van der Waals surface area contributed by atoms with Gasteiger partial charge in [0.1, 0.15) is 17.4 Å². The maximum Gasteiger partial charge on any atom is 0.263 e. The van der Waals surface area contributed by atoms with Crippen LogP contribution in [-0.2, 0) is 4.79 Å². The molecule has 5 heteroatoms. The highest BCUT2D eigenvalue weighted by atomic mass is 16.3. The number of aromatic hydroxyl groups is 1. The van der Waals surface area contributed by atoms with Crippen LogP contribution in [0.25, 0.3) is 0 Å². The number of carbonyl (C=O) groups is 1. The van der Waals surface area contributed by atoms with Crippen LogP contribution in [0.1, 0.15) is 32.1 Å². The number of nitrogens with one attached hydrogen (secondary N) is 2. The number of carbonyl (C=O) groups excluding carboxylic acids is 1. The van der Waals surface area contributed by atoms with E-state index in [1.807, 2.05) is 6.07 Å². The highest BCUT2D eigenvalue weighted by molar-refractivity contribution is 5.97. The molecule has 2 rings (SSSR count). The fraction of sp³-hybridized carbons (Fsp3) is 0.375. The second-order valence-electron chi connectivity index (χ2n) is 5.14. The Kier molecular flexibility index (Phi) is 5.22. The van der Waals surface area contributed by atoms with Gasteiger partial charge in [-0.3, -0.25) is 4.79 Å². The highest BCUT2D eigenvalue weighted by Crippen LogP contribution is 2.22. The minimum absolute atomic E-state index is 0.00354. The maximum absolute atomic E-state index is 12.0. The Bertz CT molecular complexity index is 569. The summed E-state index contributed by atoms with van der Waals surface area (Å²) >= 11 is 0. The summed E-state index contributed by atoms with van der Waals surface area (Å²) in [7, 11) is 0. The van der Waals surface area contributed by atoms with E-state index in [2.05, 4.69) is 10.6 Å². The van der Waals surface area contributed by atoms with E-state index in [1.54, 1.807) is 18.2 Å². The first-order valence-electron chi connectivity index (χ1n) is 7.16. The predicted molar refractivity (Wildman–Crippen MR) is 80.4 cm³/mol. The van der Waals surface area contributed by atoms with Crippen LogP contribution >= 0.6 is 0 Å². The SMILES string of the molecule is N#C/C(=C/Nc1ccccc1O)C(=O)NC1CCCCC1. The van der Waals surface area contributed by atoms with Gasteiger partial charge in [-0.1, -0.05) is 31.4 Å². The van der Waals surface area contributed by atoms with Gasteiger partial charge in [-0.05, 0) is 25.0 Å².